The third-order valence-electron chi connectivity index (χ3n) is 12.2. The van der Waals surface area contributed by atoms with E-state index in [-0.39, 0.29) is 44.0 Å². The molecule has 0 aliphatic rings. The van der Waals surface area contributed by atoms with Gasteiger partial charge >= 0.3 is 17.9 Å². The first-order chi connectivity index (χ1) is 37.5. The van der Waals surface area contributed by atoms with E-state index in [4.69, 9.17) is 14.2 Å². The maximum Gasteiger partial charge on any atom is 0.306 e. The number of allylic oxidation sites excluding steroid dienone is 26. The van der Waals surface area contributed by atoms with Gasteiger partial charge in [0.1, 0.15) is 13.2 Å². The lowest BCUT2D eigenvalue weighted by Gasteiger charge is -2.18. The molecule has 1 unspecified atom stereocenters. The van der Waals surface area contributed by atoms with E-state index in [1.165, 1.54) is 38.5 Å². The van der Waals surface area contributed by atoms with Gasteiger partial charge in [-0.3, -0.25) is 14.4 Å². The molecule has 426 valence electrons. The number of hydrogen-bond acceptors (Lipinski definition) is 6. The molecule has 0 heterocycles. The Balaban J connectivity index is 4.48. The lowest BCUT2D eigenvalue weighted by atomic mass is 10.1. The van der Waals surface area contributed by atoms with Crippen LogP contribution in [0.1, 0.15) is 245 Å². The van der Waals surface area contributed by atoms with E-state index in [0.29, 0.717) is 12.8 Å². The lowest BCUT2D eigenvalue weighted by molar-refractivity contribution is -0.167. The van der Waals surface area contributed by atoms with Crippen molar-refractivity contribution < 1.29 is 28.6 Å². The zero-order valence-corrected chi connectivity index (χ0v) is 48.7. The average molecular weight is 1050 g/mol. The van der Waals surface area contributed by atoms with Gasteiger partial charge in [-0.1, -0.05) is 243 Å². The van der Waals surface area contributed by atoms with Crippen molar-refractivity contribution in [3.8, 4) is 0 Å². The fourth-order valence-electron chi connectivity index (χ4n) is 7.69. The largest absolute Gasteiger partial charge is 0.462 e. The number of esters is 3. The van der Waals surface area contributed by atoms with Gasteiger partial charge in [-0.25, -0.2) is 0 Å². The summed E-state index contributed by atoms with van der Waals surface area (Å²) in [7, 11) is 0. The van der Waals surface area contributed by atoms with Crippen molar-refractivity contribution >= 4 is 17.9 Å². The molecule has 0 aliphatic heterocycles. The molecule has 6 nitrogen and oxygen atoms in total. The smallest absolute Gasteiger partial charge is 0.306 e. The number of carbonyl (C=O) groups is 3. The van der Waals surface area contributed by atoms with Gasteiger partial charge in [-0.05, 0) is 141 Å². The number of carbonyl (C=O) groups excluding carboxylic acids is 3. The fraction of sp³-hybridized carbons (Fsp3) is 0.586. The molecule has 0 aromatic carbocycles. The van der Waals surface area contributed by atoms with Crippen LogP contribution in [0.4, 0.5) is 0 Å². The summed E-state index contributed by atoms with van der Waals surface area (Å²) in [6.07, 6.45) is 91.0. The highest BCUT2D eigenvalue weighted by atomic mass is 16.6. The van der Waals surface area contributed by atoms with Crippen LogP contribution in [-0.4, -0.2) is 37.2 Å². The summed E-state index contributed by atoms with van der Waals surface area (Å²) >= 11 is 0. The van der Waals surface area contributed by atoms with Gasteiger partial charge in [-0.15, -0.1) is 0 Å². The van der Waals surface area contributed by atoms with Crippen molar-refractivity contribution in [1.29, 1.82) is 0 Å². The van der Waals surface area contributed by atoms with Crippen LogP contribution in [-0.2, 0) is 28.6 Å². The second-order valence-corrected chi connectivity index (χ2v) is 19.5. The van der Waals surface area contributed by atoms with E-state index in [1.807, 2.05) is 0 Å². The van der Waals surface area contributed by atoms with Gasteiger partial charge in [-0.2, -0.15) is 0 Å². The minimum absolute atomic E-state index is 0.115. The third-order valence-corrected chi connectivity index (χ3v) is 12.2. The van der Waals surface area contributed by atoms with E-state index < -0.39 is 6.10 Å². The van der Waals surface area contributed by atoms with Crippen LogP contribution in [0.15, 0.2) is 158 Å². The second kappa shape index (κ2) is 62.6. The second-order valence-electron chi connectivity index (χ2n) is 19.5. The van der Waals surface area contributed by atoms with Gasteiger partial charge in [0.25, 0.3) is 0 Å². The molecule has 0 aliphatic carbocycles. The third kappa shape index (κ3) is 59.9. The Morgan fingerprint density at radius 2 is 0.553 bits per heavy atom. The van der Waals surface area contributed by atoms with Gasteiger partial charge in [0.15, 0.2) is 6.10 Å². The summed E-state index contributed by atoms with van der Waals surface area (Å²) < 4.78 is 16.8. The van der Waals surface area contributed by atoms with Crippen LogP contribution in [0.2, 0.25) is 0 Å². The maximum absolute atomic E-state index is 12.9. The molecule has 0 N–H and O–H groups in total. The minimum Gasteiger partial charge on any atom is -0.462 e. The molecule has 0 aromatic rings. The normalized spacial score (nSPS) is 13.2. The van der Waals surface area contributed by atoms with E-state index in [9.17, 15) is 14.4 Å². The number of ether oxygens (including phenoxy) is 3. The van der Waals surface area contributed by atoms with Gasteiger partial charge < -0.3 is 14.2 Å². The van der Waals surface area contributed by atoms with Crippen LogP contribution in [0.3, 0.4) is 0 Å². The number of unbranched alkanes of at least 4 members (excludes halogenated alkanes) is 16. The van der Waals surface area contributed by atoms with Crippen LogP contribution in [0.5, 0.6) is 0 Å². The van der Waals surface area contributed by atoms with E-state index in [0.717, 1.165) is 161 Å². The molecule has 0 aromatic heterocycles. The number of hydrogen-bond donors (Lipinski definition) is 0. The Morgan fingerprint density at radius 3 is 0.908 bits per heavy atom. The first-order valence-electron chi connectivity index (χ1n) is 30.5. The Hall–Kier alpha value is -4.97. The Labute approximate surface area is 467 Å². The fourth-order valence-corrected chi connectivity index (χ4v) is 7.69. The highest BCUT2D eigenvalue weighted by molar-refractivity contribution is 5.71. The van der Waals surface area contributed by atoms with Crippen molar-refractivity contribution in [2.24, 2.45) is 0 Å². The molecule has 0 fully saturated rings. The Bertz CT molecular complexity index is 1720. The van der Waals surface area contributed by atoms with E-state index in [1.54, 1.807) is 0 Å². The minimum atomic E-state index is -0.823. The molecule has 0 saturated heterocycles. The first-order valence-corrected chi connectivity index (χ1v) is 30.5. The molecule has 1 atom stereocenters. The predicted molar refractivity (Wildman–Crippen MR) is 329 cm³/mol. The summed E-state index contributed by atoms with van der Waals surface area (Å²) in [5.41, 5.74) is 0. The molecule has 76 heavy (non-hydrogen) atoms. The van der Waals surface area contributed by atoms with Crippen molar-refractivity contribution in [2.75, 3.05) is 13.2 Å². The zero-order valence-electron chi connectivity index (χ0n) is 48.7. The van der Waals surface area contributed by atoms with Gasteiger partial charge in [0.05, 0.1) is 0 Å². The van der Waals surface area contributed by atoms with Crippen LogP contribution >= 0.6 is 0 Å². The maximum atomic E-state index is 12.9. The topological polar surface area (TPSA) is 78.9 Å². The van der Waals surface area contributed by atoms with Crippen LogP contribution < -0.4 is 0 Å². The zero-order chi connectivity index (χ0) is 55.0. The molecule has 0 bridgehead atoms. The first kappa shape index (κ1) is 71.0. The van der Waals surface area contributed by atoms with E-state index in [2.05, 4.69) is 179 Å². The lowest BCUT2D eigenvalue weighted by Crippen LogP contribution is -2.30. The van der Waals surface area contributed by atoms with Crippen molar-refractivity contribution in [2.45, 2.75) is 252 Å². The van der Waals surface area contributed by atoms with Crippen LogP contribution in [0.25, 0.3) is 0 Å². The Kier molecular flexibility index (Phi) is 58.5. The van der Waals surface area contributed by atoms with Gasteiger partial charge in [0.2, 0.25) is 0 Å². The summed E-state index contributed by atoms with van der Waals surface area (Å²) in [5.74, 6) is -1.01. The summed E-state index contributed by atoms with van der Waals surface area (Å²) in [6.45, 7) is 6.36. The Morgan fingerprint density at radius 1 is 0.276 bits per heavy atom. The highest BCUT2D eigenvalue weighted by Crippen LogP contribution is 2.13. The highest BCUT2D eigenvalue weighted by Gasteiger charge is 2.19. The van der Waals surface area contributed by atoms with Crippen molar-refractivity contribution in [1.82, 2.24) is 0 Å². The van der Waals surface area contributed by atoms with Crippen LogP contribution in [0, 0.1) is 0 Å². The molecule has 0 amide bonds. The molecule has 0 spiro atoms. The summed E-state index contributed by atoms with van der Waals surface area (Å²) in [6, 6.07) is 0. The quantitative estimate of drug-likeness (QED) is 0.0261. The van der Waals surface area contributed by atoms with Crippen molar-refractivity contribution in [3.63, 3.8) is 0 Å². The standard InChI is InChI=1S/C70H110O6/c1-4-7-10-13-16-19-22-25-27-29-30-31-32-33-34-35-36-37-38-39-40-41-43-45-48-51-54-57-60-63-69(72)75-66-67(65-74-68(71)62-59-56-53-50-47-44-24-21-18-15-12-9-6-3)76-70(73)64-61-58-55-52-49-46-42-28-26-23-20-17-14-11-8-5-2/h7,10,12,15-16,19-21,23-25,27-28,30-31,33-34,36-37,39-40,42-43,45,51,54,67H,4-6,8-9,11,13-14,17-18,22,26,29,32,35,38,41,44,46-50,52-53,55-66H2,1-3H3/b10-7-,15-12-,19-16-,23-20-,24-21-,27-25-,31-30-,34-33-,37-36-,40-39-,42-28-,45-43-,54-51-. The molecule has 0 saturated carbocycles. The molecular formula is C70H110O6. The SMILES string of the molecule is CC/C=C\C/C=C\C/C=C\C/C=C\C/C=C\C/C=C\C/C=C\C/C=C\C/C=C\CCCC(=O)OCC(COC(=O)CCCCCCC/C=C\C/C=C\CCC)OC(=O)CCCCCCC/C=C\C/C=C\CCCCCC. The molecule has 6 heteroatoms. The predicted octanol–water partition coefficient (Wildman–Crippen LogP) is 20.9. The van der Waals surface area contributed by atoms with Gasteiger partial charge in [0, 0.05) is 19.3 Å². The number of rotatable bonds is 53. The molecule has 0 radical (unpaired) electrons. The summed E-state index contributed by atoms with van der Waals surface area (Å²) in [5, 5.41) is 0. The summed E-state index contributed by atoms with van der Waals surface area (Å²) in [4.78, 5) is 38.2. The average Bonchev–Trinajstić information content (AvgIpc) is 3.42. The molecular weight excluding hydrogens is 937 g/mol. The molecule has 0 rings (SSSR count). The monoisotopic (exact) mass is 1050 g/mol. The van der Waals surface area contributed by atoms with Crippen molar-refractivity contribution in [3.05, 3.63) is 158 Å². The van der Waals surface area contributed by atoms with E-state index >= 15 is 0 Å².